The van der Waals surface area contributed by atoms with Crippen LogP contribution < -0.4 is 4.74 Å². The van der Waals surface area contributed by atoms with Gasteiger partial charge in [-0.2, -0.15) is 0 Å². The summed E-state index contributed by atoms with van der Waals surface area (Å²) in [4.78, 5) is 10.1. The quantitative estimate of drug-likeness (QED) is 0.659. The molecule has 0 radical (unpaired) electrons. The van der Waals surface area contributed by atoms with Crippen LogP contribution in [0.1, 0.15) is 25.7 Å². The van der Waals surface area contributed by atoms with Gasteiger partial charge in [-0.3, -0.25) is 10.1 Å². The Hall–Kier alpha value is -1.62. The summed E-state index contributed by atoms with van der Waals surface area (Å²) in [6.07, 6.45) is 3.99. The number of aliphatic hydroxyl groups excluding tert-OH is 1. The van der Waals surface area contributed by atoms with E-state index >= 15 is 0 Å². The lowest BCUT2D eigenvalue weighted by atomic mass is 9.88. The molecular weight excluding hydrogens is 234 g/mol. The molecule has 0 aliphatic heterocycles. The normalized spacial score (nSPS) is 23.6. The van der Waals surface area contributed by atoms with Crippen LogP contribution in [-0.2, 0) is 0 Å². The van der Waals surface area contributed by atoms with Gasteiger partial charge in [0.05, 0.1) is 11.0 Å². The zero-order chi connectivity index (χ0) is 13.0. The third kappa shape index (κ3) is 3.20. The van der Waals surface area contributed by atoms with Crippen molar-refractivity contribution in [2.45, 2.75) is 31.8 Å². The van der Waals surface area contributed by atoms with E-state index in [2.05, 4.69) is 0 Å². The summed E-state index contributed by atoms with van der Waals surface area (Å²) in [6.45, 7) is 0.254. The van der Waals surface area contributed by atoms with Crippen molar-refractivity contribution in [1.29, 1.82) is 0 Å². The molecule has 0 saturated heterocycles. The number of hydrogen-bond acceptors (Lipinski definition) is 4. The first-order valence-corrected chi connectivity index (χ1v) is 6.21. The lowest BCUT2D eigenvalue weighted by Crippen LogP contribution is -2.25. The van der Waals surface area contributed by atoms with Crippen molar-refractivity contribution in [3.05, 3.63) is 34.4 Å². The zero-order valence-electron chi connectivity index (χ0n) is 10.1. The summed E-state index contributed by atoms with van der Waals surface area (Å²) in [5.74, 6) is 1.08. The van der Waals surface area contributed by atoms with Crippen LogP contribution in [0.2, 0.25) is 0 Å². The molecule has 1 saturated carbocycles. The van der Waals surface area contributed by atoms with Crippen LogP contribution >= 0.6 is 0 Å². The van der Waals surface area contributed by atoms with E-state index in [1.54, 1.807) is 12.1 Å². The highest BCUT2D eigenvalue weighted by Crippen LogP contribution is 2.28. The molecule has 1 fully saturated rings. The Morgan fingerprint density at radius 2 is 1.83 bits per heavy atom. The van der Waals surface area contributed by atoms with Gasteiger partial charge in [-0.15, -0.1) is 0 Å². The molecule has 18 heavy (non-hydrogen) atoms. The molecule has 5 nitrogen and oxygen atoms in total. The number of rotatable bonds is 4. The SMILES string of the molecule is O=[N+]([O-])c1ccc(OC2CCC(CO)CC2)cc1. The van der Waals surface area contributed by atoms with E-state index < -0.39 is 4.92 Å². The van der Waals surface area contributed by atoms with Crippen LogP contribution in [-0.4, -0.2) is 22.7 Å². The van der Waals surface area contributed by atoms with Gasteiger partial charge in [0.25, 0.3) is 5.69 Å². The lowest BCUT2D eigenvalue weighted by Gasteiger charge is -2.27. The number of ether oxygens (including phenoxy) is 1. The number of benzene rings is 1. The number of hydrogen-bond donors (Lipinski definition) is 1. The molecule has 0 heterocycles. The predicted molar refractivity (Wildman–Crippen MR) is 66.6 cm³/mol. The van der Waals surface area contributed by atoms with Gasteiger partial charge >= 0.3 is 0 Å². The first-order valence-electron chi connectivity index (χ1n) is 6.21. The first-order chi connectivity index (χ1) is 8.69. The zero-order valence-corrected chi connectivity index (χ0v) is 10.1. The molecule has 1 aliphatic rings. The van der Waals surface area contributed by atoms with E-state index in [0.717, 1.165) is 25.7 Å². The van der Waals surface area contributed by atoms with E-state index in [1.807, 2.05) is 0 Å². The maximum Gasteiger partial charge on any atom is 0.269 e. The Kier molecular flexibility index (Phi) is 4.15. The van der Waals surface area contributed by atoms with Crippen LogP contribution in [0.25, 0.3) is 0 Å². The Morgan fingerprint density at radius 1 is 1.22 bits per heavy atom. The van der Waals surface area contributed by atoms with Gasteiger partial charge in [0.15, 0.2) is 0 Å². The minimum Gasteiger partial charge on any atom is -0.490 e. The van der Waals surface area contributed by atoms with Crippen molar-refractivity contribution in [3.63, 3.8) is 0 Å². The second kappa shape index (κ2) is 5.82. The summed E-state index contributed by atoms with van der Waals surface area (Å²) < 4.78 is 5.78. The summed E-state index contributed by atoms with van der Waals surface area (Å²) in [5.41, 5.74) is 0.0753. The monoisotopic (exact) mass is 251 g/mol. The van der Waals surface area contributed by atoms with Crippen LogP contribution in [0.4, 0.5) is 5.69 Å². The third-order valence-corrected chi connectivity index (χ3v) is 3.40. The predicted octanol–water partition coefficient (Wildman–Crippen LogP) is 2.52. The van der Waals surface area contributed by atoms with Crippen molar-refractivity contribution in [1.82, 2.24) is 0 Å². The second-order valence-electron chi connectivity index (χ2n) is 4.69. The molecule has 0 atom stereocenters. The van der Waals surface area contributed by atoms with E-state index in [0.29, 0.717) is 11.7 Å². The van der Waals surface area contributed by atoms with Gasteiger partial charge in [0.1, 0.15) is 5.75 Å². The van der Waals surface area contributed by atoms with Crippen molar-refractivity contribution < 1.29 is 14.8 Å². The molecule has 5 heteroatoms. The highest BCUT2D eigenvalue weighted by molar-refractivity contribution is 5.36. The average molecular weight is 251 g/mol. The van der Waals surface area contributed by atoms with Crippen LogP contribution in [0.3, 0.4) is 0 Å². The number of nitrogens with zero attached hydrogens (tertiary/aromatic N) is 1. The van der Waals surface area contributed by atoms with Crippen molar-refractivity contribution >= 4 is 5.69 Å². The highest BCUT2D eigenvalue weighted by Gasteiger charge is 2.21. The Balaban J connectivity index is 1.88. The third-order valence-electron chi connectivity index (χ3n) is 3.40. The molecule has 1 aromatic rings. The number of non-ortho nitro benzene ring substituents is 1. The van der Waals surface area contributed by atoms with E-state index in [4.69, 9.17) is 9.84 Å². The van der Waals surface area contributed by atoms with E-state index in [1.165, 1.54) is 12.1 Å². The summed E-state index contributed by atoms with van der Waals surface area (Å²) in [5, 5.41) is 19.6. The number of aliphatic hydroxyl groups is 1. The van der Waals surface area contributed by atoms with Gasteiger partial charge in [-0.05, 0) is 43.7 Å². The lowest BCUT2D eigenvalue weighted by molar-refractivity contribution is -0.384. The molecular formula is C13H17NO4. The fourth-order valence-corrected chi connectivity index (χ4v) is 2.27. The molecule has 1 aliphatic carbocycles. The molecule has 1 N–H and O–H groups in total. The molecule has 0 amide bonds. The first kappa shape index (κ1) is 12.8. The number of nitro groups is 1. The van der Waals surface area contributed by atoms with Crippen LogP contribution in [0.5, 0.6) is 5.75 Å². The minimum atomic E-state index is -0.420. The van der Waals surface area contributed by atoms with E-state index in [9.17, 15) is 10.1 Å². The summed E-state index contributed by atoms with van der Waals surface area (Å²) >= 11 is 0. The maximum absolute atomic E-state index is 10.5. The molecule has 98 valence electrons. The van der Waals surface area contributed by atoms with Crippen LogP contribution in [0, 0.1) is 16.0 Å². The van der Waals surface area contributed by atoms with Crippen molar-refractivity contribution in [2.24, 2.45) is 5.92 Å². The van der Waals surface area contributed by atoms with Gasteiger partial charge in [0, 0.05) is 18.7 Å². The molecule has 0 spiro atoms. The number of nitro benzene ring substituents is 1. The van der Waals surface area contributed by atoms with Gasteiger partial charge in [-0.1, -0.05) is 0 Å². The standard InChI is InChI=1S/C13H17NO4/c15-9-10-1-5-12(6-2-10)18-13-7-3-11(4-8-13)14(16)17/h3-4,7-8,10,12,15H,1-2,5-6,9H2. The van der Waals surface area contributed by atoms with Crippen molar-refractivity contribution in [3.8, 4) is 5.75 Å². The Labute approximate surface area is 106 Å². The van der Waals surface area contributed by atoms with Gasteiger partial charge < -0.3 is 9.84 Å². The topological polar surface area (TPSA) is 72.6 Å². The summed E-state index contributed by atoms with van der Waals surface area (Å²) in [7, 11) is 0. The molecule has 0 unspecified atom stereocenters. The molecule has 1 aromatic carbocycles. The maximum atomic E-state index is 10.5. The molecule has 2 rings (SSSR count). The Bertz CT molecular complexity index is 396. The van der Waals surface area contributed by atoms with Gasteiger partial charge in [0.2, 0.25) is 0 Å². The smallest absolute Gasteiger partial charge is 0.269 e. The van der Waals surface area contributed by atoms with Gasteiger partial charge in [-0.25, -0.2) is 0 Å². The fraction of sp³-hybridized carbons (Fsp3) is 0.538. The van der Waals surface area contributed by atoms with E-state index in [-0.39, 0.29) is 18.4 Å². The minimum absolute atomic E-state index is 0.0753. The second-order valence-corrected chi connectivity index (χ2v) is 4.69. The summed E-state index contributed by atoms with van der Waals surface area (Å²) in [6, 6.07) is 6.18. The van der Waals surface area contributed by atoms with Crippen LogP contribution in [0.15, 0.2) is 24.3 Å². The largest absolute Gasteiger partial charge is 0.490 e. The average Bonchev–Trinajstić information content (AvgIpc) is 2.40. The molecule has 0 aromatic heterocycles. The Morgan fingerprint density at radius 3 is 2.33 bits per heavy atom. The van der Waals surface area contributed by atoms with Crippen molar-refractivity contribution in [2.75, 3.05) is 6.61 Å². The molecule has 0 bridgehead atoms. The highest BCUT2D eigenvalue weighted by atomic mass is 16.6. The fourth-order valence-electron chi connectivity index (χ4n) is 2.27.